The zero-order valence-electron chi connectivity index (χ0n) is 13.2. The lowest BCUT2D eigenvalue weighted by Crippen LogP contribution is -2.52. The molecule has 0 saturated heterocycles. The predicted octanol–water partition coefficient (Wildman–Crippen LogP) is 2.64. The fourth-order valence-electron chi connectivity index (χ4n) is 2.81. The molecule has 3 N–H and O–H groups in total. The van der Waals surface area contributed by atoms with Gasteiger partial charge in [0.1, 0.15) is 0 Å². The minimum Gasteiger partial charge on any atom is -0.354 e. The molecule has 0 bridgehead atoms. The summed E-state index contributed by atoms with van der Waals surface area (Å²) in [5.41, 5.74) is 6.12. The minimum absolute atomic E-state index is 0.0226. The zero-order chi connectivity index (χ0) is 14.8. The summed E-state index contributed by atoms with van der Waals surface area (Å²) in [5, 5.41) is 3.13. The molecule has 0 aromatic rings. The second kappa shape index (κ2) is 6.04. The van der Waals surface area contributed by atoms with E-state index in [-0.39, 0.29) is 28.0 Å². The minimum atomic E-state index is -0.0226. The van der Waals surface area contributed by atoms with Crippen molar-refractivity contribution in [2.24, 2.45) is 23.0 Å². The van der Waals surface area contributed by atoms with Crippen LogP contribution in [0.3, 0.4) is 0 Å². The van der Waals surface area contributed by atoms with Crippen molar-refractivity contribution < 1.29 is 4.79 Å². The first-order valence-electron chi connectivity index (χ1n) is 7.20. The normalized spacial score (nSPS) is 31.0. The van der Waals surface area contributed by atoms with E-state index in [4.69, 9.17) is 5.73 Å². The van der Waals surface area contributed by atoms with E-state index in [2.05, 4.69) is 46.2 Å². The van der Waals surface area contributed by atoms with Crippen molar-refractivity contribution in [2.45, 2.75) is 58.2 Å². The van der Waals surface area contributed by atoms with Gasteiger partial charge in [-0.05, 0) is 44.3 Å². The van der Waals surface area contributed by atoms with E-state index in [1.165, 1.54) is 0 Å². The number of nitrogens with one attached hydrogen (secondary N) is 1. The van der Waals surface area contributed by atoms with Crippen molar-refractivity contribution in [1.29, 1.82) is 0 Å². The van der Waals surface area contributed by atoms with Gasteiger partial charge in [0.25, 0.3) is 0 Å². The lowest BCUT2D eigenvalue weighted by Gasteiger charge is -2.46. The fourth-order valence-corrected chi connectivity index (χ4v) is 3.03. The number of carbonyl (C=O) groups is 1. The van der Waals surface area contributed by atoms with Gasteiger partial charge in [-0.25, -0.2) is 0 Å². The molecule has 1 aliphatic carbocycles. The standard InChI is InChI=1S/C15H30N2OS/c1-10-12(16)8-7-11(15(10,4)5)13(18)17-9-14(2,3)19-6/h10-12H,7-9,16H2,1-6H3,(H,17,18). The summed E-state index contributed by atoms with van der Waals surface area (Å²) >= 11 is 1.78. The zero-order valence-corrected chi connectivity index (χ0v) is 14.1. The van der Waals surface area contributed by atoms with Crippen molar-refractivity contribution in [3.8, 4) is 0 Å². The highest BCUT2D eigenvalue weighted by molar-refractivity contribution is 7.99. The van der Waals surface area contributed by atoms with Crippen molar-refractivity contribution in [2.75, 3.05) is 12.8 Å². The van der Waals surface area contributed by atoms with E-state index < -0.39 is 0 Å². The van der Waals surface area contributed by atoms with Crippen LogP contribution in [0.4, 0.5) is 0 Å². The van der Waals surface area contributed by atoms with E-state index in [9.17, 15) is 4.79 Å². The van der Waals surface area contributed by atoms with Gasteiger partial charge in [0.2, 0.25) is 5.91 Å². The monoisotopic (exact) mass is 286 g/mol. The van der Waals surface area contributed by atoms with Crippen molar-refractivity contribution >= 4 is 17.7 Å². The van der Waals surface area contributed by atoms with Crippen LogP contribution < -0.4 is 11.1 Å². The number of nitrogens with two attached hydrogens (primary N) is 1. The molecule has 0 radical (unpaired) electrons. The van der Waals surface area contributed by atoms with Gasteiger partial charge in [0.05, 0.1) is 0 Å². The van der Waals surface area contributed by atoms with Gasteiger partial charge in [0.15, 0.2) is 0 Å². The van der Waals surface area contributed by atoms with Gasteiger partial charge < -0.3 is 11.1 Å². The molecule has 1 rings (SSSR count). The molecule has 4 heteroatoms. The third kappa shape index (κ3) is 3.88. The number of carbonyl (C=O) groups excluding carboxylic acids is 1. The second-order valence-electron chi connectivity index (χ2n) is 7.09. The van der Waals surface area contributed by atoms with Gasteiger partial charge in [0, 0.05) is 23.3 Å². The van der Waals surface area contributed by atoms with Crippen LogP contribution >= 0.6 is 11.8 Å². The van der Waals surface area contributed by atoms with Crippen molar-refractivity contribution in [1.82, 2.24) is 5.32 Å². The largest absolute Gasteiger partial charge is 0.354 e. The summed E-state index contributed by atoms with van der Waals surface area (Å²) < 4.78 is 0.0937. The van der Waals surface area contributed by atoms with Crippen LogP contribution in [0, 0.1) is 17.3 Å². The lowest BCUT2D eigenvalue weighted by molar-refractivity contribution is -0.132. The molecule has 3 atom stereocenters. The summed E-state index contributed by atoms with van der Waals surface area (Å²) in [6.45, 7) is 11.6. The number of amides is 1. The van der Waals surface area contributed by atoms with Crippen LogP contribution in [0.25, 0.3) is 0 Å². The molecular weight excluding hydrogens is 256 g/mol. The van der Waals surface area contributed by atoms with Crippen LogP contribution in [0.2, 0.25) is 0 Å². The first-order valence-corrected chi connectivity index (χ1v) is 8.42. The summed E-state index contributed by atoms with van der Waals surface area (Å²) in [6, 6.07) is 0.224. The molecule has 0 aromatic heterocycles. The highest BCUT2D eigenvalue weighted by atomic mass is 32.2. The van der Waals surface area contributed by atoms with E-state index >= 15 is 0 Å². The van der Waals surface area contributed by atoms with E-state index in [1.807, 2.05) is 0 Å². The Hall–Kier alpha value is -0.220. The molecule has 0 heterocycles. The lowest BCUT2D eigenvalue weighted by atomic mass is 9.61. The Kier molecular flexibility index (Phi) is 5.35. The van der Waals surface area contributed by atoms with Crippen LogP contribution in [-0.4, -0.2) is 29.5 Å². The smallest absolute Gasteiger partial charge is 0.223 e. The summed E-state index contributed by atoms with van der Waals surface area (Å²) in [4.78, 5) is 12.5. The molecule has 19 heavy (non-hydrogen) atoms. The predicted molar refractivity (Wildman–Crippen MR) is 84.2 cm³/mol. The van der Waals surface area contributed by atoms with Crippen LogP contribution in [-0.2, 0) is 4.79 Å². The van der Waals surface area contributed by atoms with E-state index in [0.29, 0.717) is 5.92 Å². The maximum absolute atomic E-state index is 12.5. The third-order valence-electron chi connectivity index (χ3n) is 5.06. The fraction of sp³-hybridized carbons (Fsp3) is 0.933. The summed E-state index contributed by atoms with van der Waals surface area (Å²) in [6.07, 6.45) is 3.94. The Balaban J connectivity index is 2.67. The molecular formula is C15H30N2OS. The molecule has 1 fully saturated rings. The highest BCUT2D eigenvalue weighted by Crippen LogP contribution is 2.44. The van der Waals surface area contributed by atoms with Gasteiger partial charge >= 0.3 is 0 Å². The molecule has 3 unspecified atom stereocenters. The molecule has 1 amide bonds. The van der Waals surface area contributed by atoms with Gasteiger partial charge in [-0.15, -0.1) is 0 Å². The van der Waals surface area contributed by atoms with Crippen LogP contribution in [0.1, 0.15) is 47.5 Å². The van der Waals surface area contributed by atoms with Crippen molar-refractivity contribution in [3.05, 3.63) is 0 Å². The quantitative estimate of drug-likeness (QED) is 0.835. The Morgan fingerprint density at radius 1 is 1.42 bits per heavy atom. The Morgan fingerprint density at radius 2 is 2.00 bits per heavy atom. The average molecular weight is 286 g/mol. The van der Waals surface area contributed by atoms with Gasteiger partial charge in [-0.2, -0.15) is 11.8 Å². The molecule has 112 valence electrons. The molecule has 0 aromatic carbocycles. The molecule has 0 spiro atoms. The maximum atomic E-state index is 12.5. The van der Waals surface area contributed by atoms with E-state index in [0.717, 1.165) is 19.4 Å². The Morgan fingerprint density at radius 3 is 2.53 bits per heavy atom. The molecule has 1 saturated carbocycles. The maximum Gasteiger partial charge on any atom is 0.223 e. The number of rotatable bonds is 4. The average Bonchev–Trinajstić information content (AvgIpc) is 2.33. The summed E-state index contributed by atoms with van der Waals surface area (Å²) in [5.74, 6) is 0.663. The number of hydrogen-bond donors (Lipinski definition) is 2. The molecule has 1 aliphatic rings. The third-order valence-corrected chi connectivity index (χ3v) is 6.31. The van der Waals surface area contributed by atoms with Crippen LogP contribution in [0.15, 0.2) is 0 Å². The Bertz CT molecular complexity index is 328. The molecule has 3 nitrogen and oxygen atoms in total. The van der Waals surface area contributed by atoms with Crippen molar-refractivity contribution in [3.63, 3.8) is 0 Å². The van der Waals surface area contributed by atoms with Gasteiger partial charge in [-0.3, -0.25) is 4.79 Å². The Labute approximate surface area is 122 Å². The van der Waals surface area contributed by atoms with Crippen LogP contribution in [0.5, 0.6) is 0 Å². The number of hydrogen-bond acceptors (Lipinski definition) is 3. The number of thioether (sulfide) groups is 1. The first kappa shape index (κ1) is 16.8. The first-order chi connectivity index (χ1) is 8.62. The molecule has 0 aliphatic heterocycles. The highest BCUT2D eigenvalue weighted by Gasteiger charge is 2.45. The van der Waals surface area contributed by atoms with E-state index in [1.54, 1.807) is 11.8 Å². The SMILES string of the molecule is CSC(C)(C)CNC(=O)C1CCC(N)C(C)C1(C)C. The topological polar surface area (TPSA) is 55.1 Å². The summed E-state index contributed by atoms with van der Waals surface area (Å²) in [7, 11) is 0. The second-order valence-corrected chi connectivity index (χ2v) is 8.60. The van der Waals surface area contributed by atoms with Gasteiger partial charge in [-0.1, -0.05) is 20.8 Å².